The van der Waals surface area contributed by atoms with E-state index in [0.29, 0.717) is 12.5 Å². The van der Waals surface area contributed by atoms with Crippen LogP contribution >= 0.6 is 23.2 Å². The summed E-state index contributed by atoms with van der Waals surface area (Å²) in [5.41, 5.74) is 0.808. The highest BCUT2D eigenvalue weighted by Gasteiger charge is 2.02. The molecule has 0 fully saturated rings. The molecule has 0 saturated heterocycles. The number of rotatable bonds is 3. The van der Waals surface area contributed by atoms with E-state index in [4.69, 9.17) is 23.2 Å². The minimum atomic E-state index is 0.0465. The van der Waals surface area contributed by atoms with Gasteiger partial charge in [0.1, 0.15) is 6.33 Å². The SMILES string of the molecule is Clc1nc(Cl)nc(NCc2ccncn2)n1. The zero-order chi connectivity index (χ0) is 11.4. The molecule has 16 heavy (non-hydrogen) atoms. The van der Waals surface area contributed by atoms with Gasteiger partial charge in [0.25, 0.3) is 0 Å². The molecule has 0 amide bonds. The predicted octanol–water partition coefficient (Wildman–Crippen LogP) is 1.58. The lowest BCUT2D eigenvalue weighted by Gasteiger charge is -2.03. The van der Waals surface area contributed by atoms with Crippen molar-refractivity contribution in [3.63, 3.8) is 0 Å². The fourth-order valence-corrected chi connectivity index (χ4v) is 1.36. The Morgan fingerprint density at radius 3 is 2.50 bits per heavy atom. The first-order valence-electron chi connectivity index (χ1n) is 4.30. The lowest BCUT2D eigenvalue weighted by molar-refractivity contribution is 0.959. The summed E-state index contributed by atoms with van der Waals surface area (Å²) in [5, 5.41) is 3.01. The van der Waals surface area contributed by atoms with E-state index < -0.39 is 0 Å². The van der Waals surface area contributed by atoms with Gasteiger partial charge < -0.3 is 5.32 Å². The Balaban J connectivity index is 2.05. The smallest absolute Gasteiger partial charge is 0.228 e. The van der Waals surface area contributed by atoms with E-state index in [9.17, 15) is 0 Å². The van der Waals surface area contributed by atoms with Gasteiger partial charge in [0, 0.05) is 6.20 Å². The maximum absolute atomic E-state index is 5.62. The summed E-state index contributed by atoms with van der Waals surface area (Å²) in [6, 6.07) is 1.78. The highest BCUT2D eigenvalue weighted by atomic mass is 35.5. The first kappa shape index (κ1) is 11.0. The largest absolute Gasteiger partial charge is 0.348 e. The van der Waals surface area contributed by atoms with Crippen LogP contribution in [0.4, 0.5) is 5.95 Å². The van der Waals surface area contributed by atoms with Crippen LogP contribution in [0.2, 0.25) is 10.6 Å². The number of nitrogens with zero attached hydrogens (tertiary/aromatic N) is 5. The molecular formula is C8H6Cl2N6. The van der Waals surface area contributed by atoms with Crippen molar-refractivity contribution in [2.75, 3.05) is 5.32 Å². The molecule has 2 aromatic rings. The third-order valence-electron chi connectivity index (χ3n) is 1.65. The van der Waals surface area contributed by atoms with Crippen LogP contribution in [-0.4, -0.2) is 24.9 Å². The fraction of sp³-hybridized carbons (Fsp3) is 0.125. The average molecular weight is 257 g/mol. The van der Waals surface area contributed by atoms with E-state index in [1.807, 2.05) is 0 Å². The average Bonchev–Trinajstić information content (AvgIpc) is 2.27. The number of hydrogen-bond donors (Lipinski definition) is 1. The Kier molecular flexibility index (Phi) is 3.43. The molecule has 0 saturated carbocycles. The van der Waals surface area contributed by atoms with Gasteiger partial charge in [-0.05, 0) is 29.3 Å². The Labute approximate surface area is 101 Å². The first-order valence-corrected chi connectivity index (χ1v) is 5.05. The van der Waals surface area contributed by atoms with Crippen molar-refractivity contribution >= 4 is 29.2 Å². The van der Waals surface area contributed by atoms with Crippen LogP contribution in [0.25, 0.3) is 0 Å². The number of nitrogens with one attached hydrogen (secondary N) is 1. The number of halogens is 2. The van der Waals surface area contributed by atoms with Crippen molar-refractivity contribution in [2.45, 2.75) is 6.54 Å². The van der Waals surface area contributed by atoms with Crippen molar-refractivity contribution in [3.05, 3.63) is 34.9 Å². The lowest BCUT2D eigenvalue weighted by Crippen LogP contribution is -2.06. The molecule has 0 aromatic carbocycles. The van der Waals surface area contributed by atoms with E-state index in [1.54, 1.807) is 12.3 Å². The molecule has 0 spiro atoms. The minimum Gasteiger partial charge on any atom is -0.348 e. The number of hydrogen-bond acceptors (Lipinski definition) is 6. The lowest BCUT2D eigenvalue weighted by atomic mass is 10.4. The summed E-state index contributed by atoms with van der Waals surface area (Å²) < 4.78 is 0. The van der Waals surface area contributed by atoms with Crippen LogP contribution in [0.3, 0.4) is 0 Å². The molecule has 0 atom stereocenters. The van der Waals surface area contributed by atoms with Crippen molar-refractivity contribution in [3.8, 4) is 0 Å². The van der Waals surface area contributed by atoms with E-state index in [2.05, 4.69) is 30.2 Å². The summed E-state index contributed by atoms with van der Waals surface area (Å²) >= 11 is 11.2. The molecule has 0 aliphatic rings. The second-order valence-electron chi connectivity index (χ2n) is 2.75. The van der Waals surface area contributed by atoms with Gasteiger partial charge in [0.05, 0.1) is 12.2 Å². The molecule has 0 aliphatic heterocycles. The van der Waals surface area contributed by atoms with Gasteiger partial charge >= 0.3 is 0 Å². The standard InChI is InChI=1S/C8H6Cl2N6/c9-6-14-7(10)16-8(15-6)12-3-5-1-2-11-4-13-5/h1-2,4H,3H2,(H,12,14,15,16). The zero-order valence-corrected chi connectivity index (χ0v) is 9.44. The van der Waals surface area contributed by atoms with Gasteiger partial charge in [-0.3, -0.25) is 0 Å². The summed E-state index contributed by atoms with van der Waals surface area (Å²) in [5.74, 6) is 0.309. The highest BCUT2D eigenvalue weighted by Crippen LogP contribution is 2.09. The molecule has 0 radical (unpaired) electrons. The molecule has 0 unspecified atom stereocenters. The van der Waals surface area contributed by atoms with E-state index >= 15 is 0 Å². The molecule has 8 heteroatoms. The van der Waals surface area contributed by atoms with Crippen molar-refractivity contribution < 1.29 is 0 Å². The Morgan fingerprint density at radius 1 is 1.12 bits per heavy atom. The molecule has 82 valence electrons. The van der Waals surface area contributed by atoms with Gasteiger partial charge in [0.2, 0.25) is 16.5 Å². The Hall–Kier alpha value is -1.53. The predicted molar refractivity (Wildman–Crippen MR) is 59.2 cm³/mol. The van der Waals surface area contributed by atoms with Gasteiger partial charge in [-0.2, -0.15) is 15.0 Å². The molecule has 0 bridgehead atoms. The van der Waals surface area contributed by atoms with Crippen molar-refractivity contribution in [2.24, 2.45) is 0 Å². The molecular weight excluding hydrogens is 251 g/mol. The quantitative estimate of drug-likeness (QED) is 0.899. The van der Waals surface area contributed by atoms with E-state index in [1.165, 1.54) is 6.33 Å². The Morgan fingerprint density at radius 2 is 1.88 bits per heavy atom. The number of anilines is 1. The molecule has 2 aromatic heterocycles. The maximum Gasteiger partial charge on any atom is 0.228 e. The summed E-state index contributed by atoms with van der Waals surface area (Å²) in [6.45, 7) is 0.458. The van der Waals surface area contributed by atoms with Crippen molar-refractivity contribution in [1.29, 1.82) is 0 Å². The first-order chi connectivity index (χ1) is 7.74. The molecule has 0 aliphatic carbocycles. The summed E-state index contributed by atoms with van der Waals surface area (Å²) in [7, 11) is 0. The third-order valence-corrected chi connectivity index (χ3v) is 1.99. The van der Waals surface area contributed by atoms with Gasteiger partial charge in [-0.15, -0.1) is 0 Å². The monoisotopic (exact) mass is 256 g/mol. The highest BCUT2D eigenvalue weighted by molar-refractivity contribution is 6.31. The molecule has 6 nitrogen and oxygen atoms in total. The van der Waals surface area contributed by atoms with E-state index in [0.717, 1.165) is 5.69 Å². The fourth-order valence-electron chi connectivity index (χ4n) is 0.997. The zero-order valence-electron chi connectivity index (χ0n) is 7.93. The second kappa shape index (κ2) is 5.00. The van der Waals surface area contributed by atoms with Crippen LogP contribution in [0.15, 0.2) is 18.6 Å². The van der Waals surface area contributed by atoms with Gasteiger partial charge in [-0.25, -0.2) is 9.97 Å². The maximum atomic E-state index is 5.62. The van der Waals surface area contributed by atoms with Crippen LogP contribution in [0, 0.1) is 0 Å². The Bertz CT molecular complexity index is 457. The molecule has 2 heterocycles. The van der Waals surface area contributed by atoms with Crippen LogP contribution < -0.4 is 5.32 Å². The van der Waals surface area contributed by atoms with Gasteiger partial charge in [0.15, 0.2) is 0 Å². The van der Waals surface area contributed by atoms with Gasteiger partial charge in [-0.1, -0.05) is 0 Å². The van der Waals surface area contributed by atoms with E-state index in [-0.39, 0.29) is 10.6 Å². The van der Waals surface area contributed by atoms with Crippen LogP contribution in [-0.2, 0) is 6.54 Å². The third kappa shape index (κ3) is 2.98. The van der Waals surface area contributed by atoms with Crippen LogP contribution in [0.5, 0.6) is 0 Å². The topological polar surface area (TPSA) is 76.5 Å². The number of aromatic nitrogens is 5. The second-order valence-corrected chi connectivity index (χ2v) is 3.43. The summed E-state index contributed by atoms with van der Waals surface area (Å²) in [6.07, 6.45) is 3.11. The normalized spacial score (nSPS) is 10.1. The summed E-state index contributed by atoms with van der Waals surface area (Å²) in [4.78, 5) is 19.2. The van der Waals surface area contributed by atoms with Crippen LogP contribution in [0.1, 0.15) is 5.69 Å². The minimum absolute atomic E-state index is 0.0465. The van der Waals surface area contributed by atoms with Crippen molar-refractivity contribution in [1.82, 2.24) is 24.9 Å². The molecule has 1 N–H and O–H groups in total. The molecule has 2 rings (SSSR count).